The van der Waals surface area contributed by atoms with Gasteiger partial charge in [-0.05, 0) is 27.4 Å². The molecule has 1 aliphatic rings. The van der Waals surface area contributed by atoms with Crippen molar-refractivity contribution in [2.75, 3.05) is 23.8 Å². The zero-order valence-electron chi connectivity index (χ0n) is 8.37. The van der Waals surface area contributed by atoms with E-state index in [1.165, 1.54) is 26.6 Å². The van der Waals surface area contributed by atoms with Crippen LogP contribution in [0.3, 0.4) is 0 Å². The van der Waals surface area contributed by atoms with Crippen LogP contribution in [0.1, 0.15) is 4.88 Å². The lowest BCUT2D eigenvalue weighted by Gasteiger charge is -2.21. The molecule has 0 spiro atoms. The van der Waals surface area contributed by atoms with E-state index in [0.29, 0.717) is 0 Å². The van der Waals surface area contributed by atoms with E-state index in [2.05, 4.69) is 56.2 Å². The molecule has 0 aromatic carbocycles. The fourth-order valence-electron chi connectivity index (χ4n) is 1.45. The molecule has 1 fully saturated rings. The molecule has 0 aliphatic carbocycles. The SMILES string of the molecule is Brc1ccsc1CNCC1CSCCS1. The highest BCUT2D eigenvalue weighted by molar-refractivity contribution is 9.10. The molecule has 1 N–H and O–H groups in total. The quantitative estimate of drug-likeness (QED) is 0.911. The fourth-order valence-corrected chi connectivity index (χ4v) is 5.56. The van der Waals surface area contributed by atoms with E-state index in [1.54, 1.807) is 0 Å². The van der Waals surface area contributed by atoms with Gasteiger partial charge in [-0.3, -0.25) is 0 Å². The molecular formula is C10H14BrNS3. The molecule has 5 heteroatoms. The Morgan fingerprint density at radius 1 is 1.47 bits per heavy atom. The van der Waals surface area contributed by atoms with E-state index in [0.717, 1.165) is 18.3 Å². The van der Waals surface area contributed by atoms with Crippen LogP contribution in [0.5, 0.6) is 0 Å². The van der Waals surface area contributed by atoms with Crippen molar-refractivity contribution in [3.05, 3.63) is 20.8 Å². The van der Waals surface area contributed by atoms with Crippen LogP contribution in [-0.2, 0) is 6.54 Å². The van der Waals surface area contributed by atoms with Crippen molar-refractivity contribution < 1.29 is 0 Å². The van der Waals surface area contributed by atoms with Gasteiger partial charge in [0.2, 0.25) is 0 Å². The van der Waals surface area contributed by atoms with Gasteiger partial charge in [-0.1, -0.05) is 0 Å². The normalized spacial score (nSPS) is 21.8. The number of hydrogen-bond donors (Lipinski definition) is 1. The summed E-state index contributed by atoms with van der Waals surface area (Å²) in [4.78, 5) is 1.41. The molecule has 2 heterocycles. The largest absolute Gasteiger partial charge is 0.311 e. The first-order chi connectivity index (χ1) is 7.36. The number of hydrogen-bond acceptors (Lipinski definition) is 4. The first-order valence-electron chi connectivity index (χ1n) is 4.98. The molecule has 15 heavy (non-hydrogen) atoms. The maximum absolute atomic E-state index is 3.55. The van der Waals surface area contributed by atoms with Crippen LogP contribution in [0, 0.1) is 0 Å². The number of thiophene rings is 1. The number of nitrogens with one attached hydrogen (secondary N) is 1. The van der Waals surface area contributed by atoms with E-state index in [9.17, 15) is 0 Å². The van der Waals surface area contributed by atoms with Gasteiger partial charge in [0.25, 0.3) is 0 Å². The molecule has 1 aliphatic heterocycles. The minimum Gasteiger partial charge on any atom is -0.311 e. The molecule has 2 rings (SSSR count). The van der Waals surface area contributed by atoms with Gasteiger partial charge in [-0.15, -0.1) is 11.3 Å². The molecule has 1 nitrogen and oxygen atoms in total. The average Bonchev–Trinajstić information content (AvgIpc) is 2.66. The summed E-state index contributed by atoms with van der Waals surface area (Å²) in [7, 11) is 0. The minimum atomic E-state index is 0.808. The Bertz CT molecular complexity index is 297. The van der Waals surface area contributed by atoms with Gasteiger partial charge in [0.15, 0.2) is 0 Å². The van der Waals surface area contributed by atoms with Gasteiger partial charge in [0, 0.05) is 44.9 Å². The Kier molecular flexibility index (Phi) is 5.37. The van der Waals surface area contributed by atoms with Crippen LogP contribution in [-0.4, -0.2) is 29.1 Å². The van der Waals surface area contributed by atoms with Gasteiger partial charge in [0.1, 0.15) is 0 Å². The predicted octanol–water partition coefficient (Wildman–Crippen LogP) is 3.45. The van der Waals surface area contributed by atoms with Crippen molar-refractivity contribution in [2.24, 2.45) is 0 Å². The Balaban J connectivity index is 1.68. The molecule has 1 unspecified atom stereocenters. The molecule has 1 saturated heterocycles. The second-order valence-electron chi connectivity index (χ2n) is 3.39. The fraction of sp³-hybridized carbons (Fsp3) is 0.600. The van der Waals surface area contributed by atoms with E-state index in [1.807, 2.05) is 11.3 Å². The monoisotopic (exact) mass is 323 g/mol. The van der Waals surface area contributed by atoms with Crippen LogP contribution >= 0.6 is 50.8 Å². The van der Waals surface area contributed by atoms with Crippen molar-refractivity contribution in [2.45, 2.75) is 11.8 Å². The smallest absolute Gasteiger partial charge is 0.0327 e. The lowest BCUT2D eigenvalue weighted by molar-refractivity contribution is 0.691. The van der Waals surface area contributed by atoms with Crippen LogP contribution in [0.2, 0.25) is 0 Å². The second kappa shape index (κ2) is 6.55. The maximum atomic E-state index is 3.55. The zero-order valence-corrected chi connectivity index (χ0v) is 12.4. The van der Waals surface area contributed by atoms with Crippen LogP contribution in [0.25, 0.3) is 0 Å². The van der Waals surface area contributed by atoms with Gasteiger partial charge in [0.05, 0.1) is 0 Å². The Labute approximate surface area is 112 Å². The third-order valence-electron chi connectivity index (χ3n) is 2.23. The highest BCUT2D eigenvalue weighted by Crippen LogP contribution is 2.24. The Morgan fingerprint density at radius 2 is 2.40 bits per heavy atom. The first kappa shape index (κ1) is 12.3. The van der Waals surface area contributed by atoms with Crippen LogP contribution < -0.4 is 5.32 Å². The summed E-state index contributed by atoms with van der Waals surface area (Å²) in [5, 5.41) is 6.48. The standard InChI is InChI=1S/C10H14BrNS3/c11-9-1-2-15-10(9)6-12-5-8-7-13-3-4-14-8/h1-2,8,12H,3-7H2. The van der Waals surface area contributed by atoms with E-state index in [4.69, 9.17) is 0 Å². The highest BCUT2D eigenvalue weighted by atomic mass is 79.9. The molecule has 1 aromatic rings. The first-order valence-corrected chi connectivity index (χ1v) is 8.86. The van der Waals surface area contributed by atoms with E-state index < -0.39 is 0 Å². The summed E-state index contributed by atoms with van der Waals surface area (Å²) < 4.78 is 1.24. The van der Waals surface area contributed by atoms with Crippen molar-refractivity contribution in [3.8, 4) is 0 Å². The number of halogens is 1. The molecule has 0 radical (unpaired) electrons. The Morgan fingerprint density at radius 3 is 3.07 bits per heavy atom. The lowest BCUT2D eigenvalue weighted by Crippen LogP contribution is -2.28. The molecular weight excluding hydrogens is 310 g/mol. The summed E-state index contributed by atoms with van der Waals surface area (Å²) >= 11 is 9.57. The molecule has 84 valence electrons. The van der Waals surface area contributed by atoms with Gasteiger partial charge >= 0.3 is 0 Å². The van der Waals surface area contributed by atoms with Gasteiger partial charge in [-0.25, -0.2) is 0 Å². The van der Waals surface area contributed by atoms with Crippen LogP contribution in [0.4, 0.5) is 0 Å². The van der Waals surface area contributed by atoms with E-state index in [-0.39, 0.29) is 0 Å². The lowest BCUT2D eigenvalue weighted by atomic mass is 10.4. The van der Waals surface area contributed by atoms with Crippen LogP contribution in [0.15, 0.2) is 15.9 Å². The summed E-state index contributed by atoms with van der Waals surface area (Å²) in [6.07, 6.45) is 0. The predicted molar refractivity (Wildman–Crippen MR) is 77.3 cm³/mol. The topological polar surface area (TPSA) is 12.0 Å². The third kappa shape index (κ3) is 3.97. The third-order valence-corrected chi connectivity index (χ3v) is 7.00. The summed E-state index contributed by atoms with van der Waals surface area (Å²) in [5.41, 5.74) is 0. The zero-order chi connectivity index (χ0) is 10.5. The van der Waals surface area contributed by atoms with Crippen molar-refractivity contribution in [1.29, 1.82) is 0 Å². The second-order valence-corrected chi connectivity index (χ2v) is 7.80. The average molecular weight is 324 g/mol. The number of rotatable bonds is 4. The molecule has 0 bridgehead atoms. The summed E-state index contributed by atoms with van der Waals surface area (Å²) in [5.74, 6) is 3.96. The minimum absolute atomic E-state index is 0.808. The maximum Gasteiger partial charge on any atom is 0.0327 e. The van der Waals surface area contributed by atoms with E-state index >= 15 is 0 Å². The summed E-state index contributed by atoms with van der Waals surface area (Å²) in [6, 6.07) is 2.12. The number of thioether (sulfide) groups is 2. The summed E-state index contributed by atoms with van der Waals surface area (Å²) in [6.45, 7) is 2.14. The Hall–Kier alpha value is 0.840. The molecule has 1 aromatic heterocycles. The highest BCUT2D eigenvalue weighted by Gasteiger charge is 2.13. The van der Waals surface area contributed by atoms with Gasteiger partial charge in [-0.2, -0.15) is 23.5 Å². The van der Waals surface area contributed by atoms with Crippen molar-refractivity contribution in [3.63, 3.8) is 0 Å². The molecule has 0 amide bonds. The van der Waals surface area contributed by atoms with Gasteiger partial charge < -0.3 is 5.32 Å². The van der Waals surface area contributed by atoms with Crippen molar-refractivity contribution in [1.82, 2.24) is 5.32 Å². The molecule has 1 atom stereocenters. The molecule has 0 saturated carbocycles. The van der Waals surface area contributed by atoms with Crippen molar-refractivity contribution >= 4 is 50.8 Å².